The molecular formula is C13H22O3. The molecule has 0 bridgehead atoms. The average Bonchev–Trinajstić information content (AvgIpc) is 2.26. The summed E-state index contributed by atoms with van der Waals surface area (Å²) in [6, 6.07) is 0. The van der Waals surface area contributed by atoms with Crippen LogP contribution in [0.15, 0.2) is 24.3 Å². The molecule has 0 aliphatic rings. The van der Waals surface area contributed by atoms with Crippen molar-refractivity contribution < 1.29 is 14.6 Å². The normalized spacial score (nSPS) is 15.8. The summed E-state index contributed by atoms with van der Waals surface area (Å²) < 4.78 is 4.54. The molecular weight excluding hydrogens is 204 g/mol. The van der Waals surface area contributed by atoms with Gasteiger partial charge in [0, 0.05) is 5.41 Å². The zero-order valence-corrected chi connectivity index (χ0v) is 10.6. The first-order chi connectivity index (χ1) is 7.37. The Morgan fingerprint density at radius 1 is 1.56 bits per heavy atom. The highest BCUT2D eigenvalue weighted by Gasteiger charge is 2.35. The van der Waals surface area contributed by atoms with Crippen LogP contribution in [0, 0.1) is 5.41 Å². The lowest BCUT2D eigenvalue weighted by atomic mass is 9.80. The van der Waals surface area contributed by atoms with E-state index >= 15 is 0 Å². The zero-order valence-electron chi connectivity index (χ0n) is 10.6. The van der Waals surface area contributed by atoms with Gasteiger partial charge in [-0.1, -0.05) is 24.6 Å². The van der Waals surface area contributed by atoms with Gasteiger partial charge in [0.2, 0.25) is 0 Å². The number of allylic oxidation sites excluding steroid dienone is 2. The van der Waals surface area contributed by atoms with Gasteiger partial charge >= 0.3 is 5.97 Å². The Labute approximate surface area is 97.8 Å². The molecule has 0 heterocycles. The molecule has 2 atom stereocenters. The van der Waals surface area contributed by atoms with Gasteiger partial charge in [0.15, 0.2) is 6.10 Å². The monoisotopic (exact) mass is 226 g/mol. The minimum atomic E-state index is -1.15. The number of hydrogen-bond acceptors (Lipinski definition) is 3. The van der Waals surface area contributed by atoms with Gasteiger partial charge in [-0.15, -0.1) is 6.58 Å². The van der Waals surface area contributed by atoms with Gasteiger partial charge in [-0.05, 0) is 26.7 Å². The standard InChI is InChI=1S/C13H22O3/c1-6-13(4,9-7-8-10(2)3)11(14)12(15)16-5/h6,8,11,14H,1,7,9H2,2-5H3. The molecule has 92 valence electrons. The summed E-state index contributed by atoms with van der Waals surface area (Å²) in [5, 5.41) is 9.84. The van der Waals surface area contributed by atoms with Crippen LogP contribution < -0.4 is 0 Å². The van der Waals surface area contributed by atoms with Crippen molar-refractivity contribution in [3.63, 3.8) is 0 Å². The van der Waals surface area contributed by atoms with Crippen LogP contribution in [-0.2, 0) is 9.53 Å². The maximum Gasteiger partial charge on any atom is 0.335 e. The third kappa shape index (κ3) is 4.19. The Morgan fingerprint density at radius 3 is 2.50 bits per heavy atom. The van der Waals surface area contributed by atoms with Crippen LogP contribution in [0.3, 0.4) is 0 Å². The largest absolute Gasteiger partial charge is 0.467 e. The van der Waals surface area contributed by atoms with E-state index < -0.39 is 17.5 Å². The highest BCUT2D eigenvalue weighted by molar-refractivity contribution is 5.75. The molecule has 0 saturated heterocycles. The number of carbonyl (C=O) groups excluding carboxylic acids is 1. The minimum absolute atomic E-state index is 0.611. The fraction of sp³-hybridized carbons (Fsp3) is 0.615. The van der Waals surface area contributed by atoms with Crippen LogP contribution in [0.1, 0.15) is 33.6 Å². The molecule has 0 radical (unpaired) electrons. The smallest absolute Gasteiger partial charge is 0.335 e. The maximum atomic E-state index is 11.3. The average molecular weight is 226 g/mol. The predicted molar refractivity (Wildman–Crippen MR) is 65.0 cm³/mol. The third-order valence-electron chi connectivity index (χ3n) is 2.75. The van der Waals surface area contributed by atoms with Gasteiger partial charge in [-0.3, -0.25) is 0 Å². The second-order valence-corrected chi connectivity index (χ2v) is 4.46. The minimum Gasteiger partial charge on any atom is -0.467 e. The van der Waals surface area contributed by atoms with E-state index in [0.29, 0.717) is 6.42 Å². The summed E-state index contributed by atoms with van der Waals surface area (Å²) in [4.78, 5) is 11.3. The van der Waals surface area contributed by atoms with Crippen LogP contribution in [-0.4, -0.2) is 24.3 Å². The molecule has 0 fully saturated rings. The van der Waals surface area contributed by atoms with Crippen molar-refractivity contribution in [3.05, 3.63) is 24.3 Å². The third-order valence-corrected chi connectivity index (χ3v) is 2.75. The molecule has 2 unspecified atom stereocenters. The Hall–Kier alpha value is -1.09. The van der Waals surface area contributed by atoms with Crippen LogP contribution in [0.4, 0.5) is 0 Å². The lowest BCUT2D eigenvalue weighted by Crippen LogP contribution is -2.38. The molecule has 0 aromatic rings. The predicted octanol–water partition coefficient (Wildman–Crippen LogP) is 2.46. The SMILES string of the molecule is C=CC(C)(CCC=C(C)C)C(O)C(=O)OC. The number of aliphatic hydroxyl groups is 1. The molecule has 1 N–H and O–H groups in total. The number of hydrogen-bond donors (Lipinski definition) is 1. The number of carbonyl (C=O) groups is 1. The Bertz CT molecular complexity index is 277. The molecule has 0 spiro atoms. The van der Waals surface area contributed by atoms with Gasteiger partial charge in [-0.2, -0.15) is 0 Å². The molecule has 0 aliphatic heterocycles. The van der Waals surface area contributed by atoms with Crippen LogP contribution >= 0.6 is 0 Å². The van der Waals surface area contributed by atoms with Crippen molar-refractivity contribution >= 4 is 5.97 Å². The molecule has 0 saturated carbocycles. The summed E-state index contributed by atoms with van der Waals surface area (Å²) in [6.07, 6.45) is 4.01. The van der Waals surface area contributed by atoms with Crippen molar-refractivity contribution in [2.45, 2.75) is 39.7 Å². The van der Waals surface area contributed by atoms with Crippen molar-refractivity contribution in [2.75, 3.05) is 7.11 Å². The van der Waals surface area contributed by atoms with Crippen LogP contribution in [0.5, 0.6) is 0 Å². The summed E-state index contributed by atoms with van der Waals surface area (Å²) in [5.41, 5.74) is 0.581. The molecule has 3 heteroatoms. The number of esters is 1. The highest BCUT2D eigenvalue weighted by Crippen LogP contribution is 2.30. The van der Waals surface area contributed by atoms with Crippen molar-refractivity contribution in [2.24, 2.45) is 5.41 Å². The van der Waals surface area contributed by atoms with E-state index in [1.54, 1.807) is 13.0 Å². The van der Waals surface area contributed by atoms with E-state index in [-0.39, 0.29) is 0 Å². The summed E-state index contributed by atoms with van der Waals surface area (Å²) in [6.45, 7) is 9.52. The molecule has 0 amide bonds. The molecule has 16 heavy (non-hydrogen) atoms. The van der Waals surface area contributed by atoms with Crippen LogP contribution in [0.25, 0.3) is 0 Å². The lowest BCUT2D eigenvalue weighted by molar-refractivity contribution is -0.155. The van der Waals surface area contributed by atoms with Crippen molar-refractivity contribution in [1.29, 1.82) is 0 Å². The van der Waals surface area contributed by atoms with E-state index in [1.807, 2.05) is 13.8 Å². The van der Waals surface area contributed by atoms with Gasteiger partial charge in [0.05, 0.1) is 7.11 Å². The summed E-state index contributed by atoms with van der Waals surface area (Å²) in [5.74, 6) is -0.611. The second kappa shape index (κ2) is 6.48. The first-order valence-electron chi connectivity index (χ1n) is 5.40. The van der Waals surface area contributed by atoms with E-state index in [0.717, 1.165) is 6.42 Å². The topological polar surface area (TPSA) is 46.5 Å². The molecule has 0 aliphatic carbocycles. The first kappa shape index (κ1) is 14.9. The quantitative estimate of drug-likeness (QED) is 0.559. The number of ether oxygens (including phenoxy) is 1. The summed E-state index contributed by atoms with van der Waals surface area (Å²) in [7, 11) is 1.27. The second-order valence-electron chi connectivity index (χ2n) is 4.46. The fourth-order valence-electron chi connectivity index (χ4n) is 1.40. The molecule has 0 aromatic heterocycles. The maximum absolute atomic E-state index is 11.3. The molecule has 3 nitrogen and oxygen atoms in total. The highest BCUT2D eigenvalue weighted by atomic mass is 16.5. The fourth-order valence-corrected chi connectivity index (χ4v) is 1.40. The number of aliphatic hydroxyl groups excluding tert-OH is 1. The zero-order chi connectivity index (χ0) is 12.8. The van der Waals surface area contributed by atoms with E-state index in [2.05, 4.69) is 17.4 Å². The van der Waals surface area contributed by atoms with Crippen LogP contribution in [0.2, 0.25) is 0 Å². The Balaban J connectivity index is 4.58. The van der Waals surface area contributed by atoms with Gasteiger partial charge < -0.3 is 9.84 Å². The first-order valence-corrected chi connectivity index (χ1v) is 5.40. The van der Waals surface area contributed by atoms with Crippen molar-refractivity contribution in [3.8, 4) is 0 Å². The Morgan fingerprint density at radius 2 is 2.12 bits per heavy atom. The summed E-state index contributed by atoms with van der Waals surface area (Å²) >= 11 is 0. The Kier molecular flexibility index (Phi) is 6.04. The van der Waals surface area contributed by atoms with Gasteiger partial charge in [-0.25, -0.2) is 4.79 Å². The molecule has 0 aromatic carbocycles. The van der Waals surface area contributed by atoms with Gasteiger partial charge in [0.25, 0.3) is 0 Å². The van der Waals surface area contributed by atoms with E-state index in [1.165, 1.54) is 12.7 Å². The number of rotatable bonds is 6. The number of methoxy groups -OCH3 is 1. The van der Waals surface area contributed by atoms with E-state index in [4.69, 9.17) is 0 Å². The van der Waals surface area contributed by atoms with E-state index in [9.17, 15) is 9.90 Å². The van der Waals surface area contributed by atoms with Crippen molar-refractivity contribution in [1.82, 2.24) is 0 Å². The lowest BCUT2D eigenvalue weighted by Gasteiger charge is -2.29. The molecule has 0 rings (SSSR count). The van der Waals surface area contributed by atoms with Gasteiger partial charge in [0.1, 0.15) is 0 Å².